The topological polar surface area (TPSA) is 110 Å². The lowest BCUT2D eigenvalue weighted by Gasteiger charge is -2.02. The van der Waals surface area contributed by atoms with Gasteiger partial charge in [0.1, 0.15) is 17.7 Å². The maximum absolute atomic E-state index is 11.1. The summed E-state index contributed by atoms with van der Waals surface area (Å²) in [5.41, 5.74) is 7.92. The predicted molar refractivity (Wildman–Crippen MR) is 84.4 cm³/mol. The van der Waals surface area contributed by atoms with Crippen molar-refractivity contribution in [1.82, 2.24) is 19.9 Å². The molecule has 1 aromatic carbocycles. The Morgan fingerprint density at radius 2 is 2.05 bits per heavy atom. The predicted octanol–water partition coefficient (Wildman–Crippen LogP) is 1.94. The first-order valence-electron chi connectivity index (χ1n) is 7.04. The summed E-state index contributed by atoms with van der Waals surface area (Å²) in [5, 5.41) is 3.24. The van der Waals surface area contributed by atoms with E-state index in [9.17, 15) is 4.79 Å². The molecular formula is C15H16N6O. The number of nitrogens with one attached hydrogen (secondary N) is 2. The molecule has 0 fully saturated rings. The van der Waals surface area contributed by atoms with Crippen molar-refractivity contribution >= 4 is 22.9 Å². The first kappa shape index (κ1) is 14.0. The summed E-state index contributed by atoms with van der Waals surface area (Å²) < 4.78 is 0. The third-order valence-electron chi connectivity index (χ3n) is 3.27. The Hall–Kier alpha value is -2.96. The fourth-order valence-corrected chi connectivity index (χ4v) is 2.13. The second kappa shape index (κ2) is 5.80. The standard InChI is InChI=1S/C15H16N6O/c1-2-7-17-14-11-15(19-8-18-14)21-13(20-11)10-5-3-9(4-6-10)12(16)22/h3-6,8H,2,7H2,1H3,(H2,16,22)(H2,17,18,19,20,21). The normalized spacial score (nSPS) is 10.8. The number of carbonyl (C=O) groups excluding carboxylic acids is 1. The monoisotopic (exact) mass is 296 g/mol. The highest BCUT2D eigenvalue weighted by Gasteiger charge is 2.11. The quantitative estimate of drug-likeness (QED) is 0.666. The van der Waals surface area contributed by atoms with Crippen LogP contribution in [0.25, 0.3) is 22.6 Å². The molecule has 112 valence electrons. The number of hydrogen-bond acceptors (Lipinski definition) is 5. The molecule has 0 saturated carbocycles. The van der Waals surface area contributed by atoms with E-state index in [1.165, 1.54) is 6.33 Å². The molecule has 0 saturated heterocycles. The van der Waals surface area contributed by atoms with Crippen LogP contribution in [0.1, 0.15) is 23.7 Å². The van der Waals surface area contributed by atoms with Crippen molar-refractivity contribution in [1.29, 1.82) is 0 Å². The molecule has 0 aliphatic heterocycles. The first-order chi connectivity index (χ1) is 10.7. The van der Waals surface area contributed by atoms with E-state index in [0.717, 1.165) is 29.9 Å². The molecule has 0 radical (unpaired) electrons. The third kappa shape index (κ3) is 2.60. The molecule has 0 unspecified atom stereocenters. The Balaban J connectivity index is 1.99. The molecule has 4 N–H and O–H groups in total. The second-order valence-electron chi connectivity index (χ2n) is 4.87. The number of nitrogens with two attached hydrogens (primary N) is 1. The molecule has 3 rings (SSSR count). The number of hydrogen-bond donors (Lipinski definition) is 3. The number of aromatic nitrogens is 4. The molecule has 0 bridgehead atoms. The molecule has 1 amide bonds. The van der Waals surface area contributed by atoms with Gasteiger partial charge in [-0.05, 0) is 18.6 Å². The van der Waals surface area contributed by atoms with Gasteiger partial charge in [-0.1, -0.05) is 19.1 Å². The van der Waals surface area contributed by atoms with Crippen molar-refractivity contribution in [2.45, 2.75) is 13.3 Å². The number of imidazole rings is 1. The van der Waals surface area contributed by atoms with Gasteiger partial charge in [0, 0.05) is 17.7 Å². The SMILES string of the molecule is CCCNc1ncnc2nc(-c3ccc(C(N)=O)cc3)[nH]c12. The van der Waals surface area contributed by atoms with Gasteiger partial charge in [-0.15, -0.1) is 0 Å². The molecule has 0 spiro atoms. The maximum atomic E-state index is 11.1. The molecule has 0 aliphatic carbocycles. The number of primary amides is 1. The van der Waals surface area contributed by atoms with Crippen LogP contribution in [0.5, 0.6) is 0 Å². The van der Waals surface area contributed by atoms with Gasteiger partial charge in [0.05, 0.1) is 0 Å². The van der Waals surface area contributed by atoms with E-state index >= 15 is 0 Å². The maximum Gasteiger partial charge on any atom is 0.248 e. The minimum absolute atomic E-state index is 0.451. The number of H-pyrrole nitrogens is 1. The van der Waals surface area contributed by atoms with E-state index in [-0.39, 0.29) is 0 Å². The molecular weight excluding hydrogens is 280 g/mol. The third-order valence-corrected chi connectivity index (χ3v) is 3.27. The highest BCUT2D eigenvalue weighted by Crippen LogP contribution is 2.23. The van der Waals surface area contributed by atoms with Gasteiger partial charge >= 0.3 is 0 Å². The molecule has 3 aromatic rings. The Bertz CT molecular complexity index is 809. The van der Waals surface area contributed by atoms with Crippen LogP contribution >= 0.6 is 0 Å². The van der Waals surface area contributed by atoms with Gasteiger partial charge in [0.25, 0.3) is 0 Å². The number of rotatable bonds is 5. The van der Waals surface area contributed by atoms with Crippen molar-refractivity contribution < 1.29 is 4.79 Å². The average Bonchev–Trinajstić information content (AvgIpc) is 2.97. The zero-order valence-electron chi connectivity index (χ0n) is 12.1. The van der Waals surface area contributed by atoms with Gasteiger partial charge in [0.2, 0.25) is 5.91 Å². The number of anilines is 1. The molecule has 0 aliphatic rings. The van der Waals surface area contributed by atoms with Crippen LogP contribution in [-0.2, 0) is 0 Å². The lowest BCUT2D eigenvalue weighted by molar-refractivity contribution is 0.100. The summed E-state index contributed by atoms with van der Waals surface area (Å²) in [6, 6.07) is 6.94. The van der Waals surface area contributed by atoms with Gasteiger partial charge in [0.15, 0.2) is 11.5 Å². The van der Waals surface area contributed by atoms with Crippen molar-refractivity contribution in [3.8, 4) is 11.4 Å². The van der Waals surface area contributed by atoms with E-state index in [1.54, 1.807) is 24.3 Å². The summed E-state index contributed by atoms with van der Waals surface area (Å²) >= 11 is 0. The molecule has 7 heteroatoms. The van der Waals surface area contributed by atoms with E-state index in [4.69, 9.17) is 5.73 Å². The number of carbonyl (C=O) groups is 1. The zero-order valence-corrected chi connectivity index (χ0v) is 12.1. The summed E-state index contributed by atoms with van der Waals surface area (Å²) in [5.74, 6) is 0.957. The number of fused-ring (bicyclic) bond motifs is 1. The summed E-state index contributed by atoms with van der Waals surface area (Å²) in [7, 11) is 0. The van der Waals surface area contributed by atoms with Crippen molar-refractivity contribution in [2.75, 3.05) is 11.9 Å². The largest absolute Gasteiger partial charge is 0.368 e. The van der Waals surface area contributed by atoms with E-state index in [0.29, 0.717) is 17.0 Å². The van der Waals surface area contributed by atoms with Crippen molar-refractivity contribution in [2.24, 2.45) is 5.73 Å². The number of aromatic amines is 1. The zero-order chi connectivity index (χ0) is 15.5. The summed E-state index contributed by atoms with van der Waals surface area (Å²) in [6.45, 7) is 2.91. The Morgan fingerprint density at radius 3 is 2.73 bits per heavy atom. The molecule has 7 nitrogen and oxygen atoms in total. The Morgan fingerprint density at radius 1 is 1.27 bits per heavy atom. The van der Waals surface area contributed by atoms with Crippen LogP contribution in [0.15, 0.2) is 30.6 Å². The van der Waals surface area contributed by atoms with E-state index < -0.39 is 5.91 Å². The summed E-state index contributed by atoms with van der Waals surface area (Å²) in [4.78, 5) is 27.2. The highest BCUT2D eigenvalue weighted by atomic mass is 16.1. The number of nitrogens with zero attached hydrogens (tertiary/aromatic N) is 3. The fraction of sp³-hybridized carbons (Fsp3) is 0.200. The van der Waals surface area contributed by atoms with Crippen LogP contribution in [0.4, 0.5) is 5.82 Å². The number of benzene rings is 1. The molecule has 22 heavy (non-hydrogen) atoms. The van der Waals surface area contributed by atoms with Crippen LogP contribution < -0.4 is 11.1 Å². The molecule has 2 aromatic heterocycles. The highest BCUT2D eigenvalue weighted by molar-refractivity contribution is 5.93. The van der Waals surface area contributed by atoms with Crippen LogP contribution in [0.3, 0.4) is 0 Å². The van der Waals surface area contributed by atoms with Gasteiger partial charge < -0.3 is 16.0 Å². The minimum Gasteiger partial charge on any atom is -0.368 e. The minimum atomic E-state index is -0.451. The first-order valence-corrected chi connectivity index (χ1v) is 7.04. The van der Waals surface area contributed by atoms with E-state index in [1.807, 2.05) is 0 Å². The lowest BCUT2D eigenvalue weighted by Crippen LogP contribution is -2.10. The van der Waals surface area contributed by atoms with Crippen molar-refractivity contribution in [3.05, 3.63) is 36.2 Å². The molecule has 0 atom stereocenters. The lowest BCUT2D eigenvalue weighted by atomic mass is 10.1. The van der Waals surface area contributed by atoms with Gasteiger partial charge in [-0.25, -0.2) is 15.0 Å². The van der Waals surface area contributed by atoms with Crippen LogP contribution in [0, 0.1) is 0 Å². The van der Waals surface area contributed by atoms with Crippen LogP contribution in [-0.4, -0.2) is 32.4 Å². The number of amides is 1. The van der Waals surface area contributed by atoms with Crippen molar-refractivity contribution in [3.63, 3.8) is 0 Å². The van der Waals surface area contributed by atoms with Gasteiger partial charge in [-0.2, -0.15) is 0 Å². The Labute approximate surface area is 127 Å². The second-order valence-corrected chi connectivity index (χ2v) is 4.87. The van der Waals surface area contributed by atoms with Crippen LogP contribution in [0.2, 0.25) is 0 Å². The fourth-order valence-electron chi connectivity index (χ4n) is 2.13. The molecule has 2 heterocycles. The Kier molecular flexibility index (Phi) is 3.69. The summed E-state index contributed by atoms with van der Waals surface area (Å²) in [6.07, 6.45) is 2.49. The average molecular weight is 296 g/mol. The van der Waals surface area contributed by atoms with Gasteiger partial charge in [-0.3, -0.25) is 4.79 Å². The smallest absolute Gasteiger partial charge is 0.248 e. The van der Waals surface area contributed by atoms with E-state index in [2.05, 4.69) is 32.2 Å².